The first kappa shape index (κ1) is 13.4. The third-order valence-corrected chi connectivity index (χ3v) is 4.51. The first-order chi connectivity index (χ1) is 8.58. The van der Waals surface area contributed by atoms with E-state index in [2.05, 4.69) is 28.2 Å². The molecule has 3 nitrogen and oxygen atoms in total. The molecule has 0 saturated heterocycles. The highest BCUT2D eigenvalue weighted by molar-refractivity contribution is 9.10. The van der Waals surface area contributed by atoms with Crippen LogP contribution in [-0.2, 0) is 0 Å². The fraction of sp³-hybridized carbons (Fsp3) is 0.500. The molecular formula is C14H19BrN2O. The van der Waals surface area contributed by atoms with Gasteiger partial charge in [0.05, 0.1) is 10.0 Å². The van der Waals surface area contributed by atoms with Crippen LogP contribution in [0.3, 0.4) is 0 Å². The summed E-state index contributed by atoms with van der Waals surface area (Å²) in [7, 11) is 0. The fourth-order valence-corrected chi connectivity index (χ4v) is 2.84. The van der Waals surface area contributed by atoms with Crippen molar-refractivity contribution in [2.75, 3.05) is 5.73 Å². The van der Waals surface area contributed by atoms with E-state index in [9.17, 15) is 4.79 Å². The van der Waals surface area contributed by atoms with Crippen LogP contribution in [0, 0.1) is 5.92 Å². The lowest BCUT2D eigenvalue weighted by Crippen LogP contribution is -2.37. The molecule has 0 aromatic heterocycles. The van der Waals surface area contributed by atoms with Crippen LogP contribution < -0.4 is 11.1 Å². The summed E-state index contributed by atoms with van der Waals surface area (Å²) in [4.78, 5) is 12.2. The molecule has 1 aliphatic rings. The Bertz CT molecular complexity index is 439. The van der Waals surface area contributed by atoms with E-state index in [0.29, 0.717) is 21.8 Å². The lowest BCUT2D eigenvalue weighted by Gasteiger charge is -2.27. The monoisotopic (exact) mass is 310 g/mol. The molecular weight excluding hydrogens is 292 g/mol. The van der Waals surface area contributed by atoms with Crippen molar-refractivity contribution in [1.82, 2.24) is 5.32 Å². The zero-order valence-corrected chi connectivity index (χ0v) is 12.2. The van der Waals surface area contributed by atoms with Gasteiger partial charge < -0.3 is 11.1 Å². The number of anilines is 1. The van der Waals surface area contributed by atoms with E-state index in [4.69, 9.17) is 5.73 Å². The molecule has 0 unspecified atom stereocenters. The van der Waals surface area contributed by atoms with Gasteiger partial charge in [0, 0.05) is 11.7 Å². The van der Waals surface area contributed by atoms with Crippen LogP contribution in [0.2, 0.25) is 0 Å². The Kier molecular flexibility index (Phi) is 4.27. The summed E-state index contributed by atoms with van der Waals surface area (Å²) in [6, 6.07) is 5.68. The van der Waals surface area contributed by atoms with Gasteiger partial charge in [-0.15, -0.1) is 0 Å². The van der Waals surface area contributed by atoms with Crippen LogP contribution >= 0.6 is 15.9 Å². The van der Waals surface area contributed by atoms with Crippen molar-refractivity contribution in [2.24, 2.45) is 5.92 Å². The number of halogens is 1. The largest absolute Gasteiger partial charge is 0.398 e. The van der Waals surface area contributed by atoms with Crippen LogP contribution in [0.1, 0.15) is 43.0 Å². The summed E-state index contributed by atoms with van der Waals surface area (Å²) < 4.78 is 0.687. The van der Waals surface area contributed by atoms with Crippen molar-refractivity contribution >= 4 is 27.5 Å². The maximum absolute atomic E-state index is 12.2. The molecule has 3 N–H and O–H groups in total. The van der Waals surface area contributed by atoms with Crippen molar-refractivity contribution < 1.29 is 4.79 Å². The Morgan fingerprint density at radius 2 is 2.00 bits per heavy atom. The zero-order chi connectivity index (χ0) is 13.1. The Morgan fingerprint density at radius 3 is 2.67 bits per heavy atom. The number of amides is 1. The number of nitrogen functional groups attached to an aromatic ring is 1. The molecule has 18 heavy (non-hydrogen) atoms. The number of nitrogens with two attached hydrogens (primary N) is 1. The van der Waals surface area contributed by atoms with E-state index in [0.717, 1.165) is 18.8 Å². The number of hydrogen-bond donors (Lipinski definition) is 2. The van der Waals surface area contributed by atoms with Crippen molar-refractivity contribution in [3.05, 3.63) is 28.2 Å². The molecule has 0 spiro atoms. The molecule has 0 heterocycles. The molecule has 1 aromatic rings. The smallest absolute Gasteiger partial charge is 0.252 e. The Hall–Kier alpha value is -1.03. The Balaban J connectivity index is 2.01. The van der Waals surface area contributed by atoms with Gasteiger partial charge >= 0.3 is 0 Å². The van der Waals surface area contributed by atoms with Crippen molar-refractivity contribution in [1.29, 1.82) is 0 Å². The molecule has 98 valence electrons. The molecule has 1 saturated carbocycles. The van der Waals surface area contributed by atoms with Crippen LogP contribution in [0.5, 0.6) is 0 Å². The second-order valence-electron chi connectivity index (χ2n) is 5.14. The third kappa shape index (κ3) is 3.05. The van der Waals surface area contributed by atoms with Crippen molar-refractivity contribution in [2.45, 2.75) is 38.6 Å². The number of carbonyl (C=O) groups is 1. The highest BCUT2D eigenvalue weighted by atomic mass is 79.9. The standard InChI is InChI=1S/C14H19BrN2O/c1-9-5-7-10(8-6-9)17-14(18)11-3-2-4-12(16)13(11)15/h2-4,9-10H,5-8,16H2,1H3,(H,17,18). The maximum atomic E-state index is 12.2. The predicted octanol–water partition coefficient (Wildman–Crippen LogP) is 3.34. The number of hydrogen-bond acceptors (Lipinski definition) is 2. The van der Waals surface area contributed by atoms with Gasteiger partial charge in [0.15, 0.2) is 0 Å². The minimum atomic E-state index is -0.0336. The molecule has 1 amide bonds. The lowest BCUT2D eigenvalue weighted by atomic mass is 9.87. The highest BCUT2D eigenvalue weighted by Gasteiger charge is 2.21. The van der Waals surface area contributed by atoms with Crippen LogP contribution in [-0.4, -0.2) is 11.9 Å². The van der Waals surface area contributed by atoms with Gasteiger partial charge in [-0.3, -0.25) is 4.79 Å². The van der Waals surface area contributed by atoms with E-state index in [1.165, 1.54) is 12.8 Å². The highest BCUT2D eigenvalue weighted by Crippen LogP contribution is 2.26. The van der Waals surface area contributed by atoms with E-state index in [1.54, 1.807) is 18.2 Å². The molecule has 2 rings (SSSR count). The van der Waals surface area contributed by atoms with Gasteiger partial charge in [0.1, 0.15) is 0 Å². The van der Waals surface area contributed by atoms with E-state index in [-0.39, 0.29) is 5.91 Å². The average Bonchev–Trinajstić information content (AvgIpc) is 2.35. The van der Waals surface area contributed by atoms with Gasteiger partial charge in [0.2, 0.25) is 0 Å². The SMILES string of the molecule is CC1CCC(NC(=O)c2cccc(N)c2Br)CC1. The van der Waals surface area contributed by atoms with E-state index in [1.807, 2.05) is 0 Å². The predicted molar refractivity (Wildman–Crippen MR) is 77.4 cm³/mol. The zero-order valence-electron chi connectivity index (χ0n) is 10.6. The summed E-state index contributed by atoms with van der Waals surface area (Å²) >= 11 is 3.37. The molecule has 0 radical (unpaired) electrons. The summed E-state index contributed by atoms with van der Waals surface area (Å²) in [5.41, 5.74) is 7.00. The normalized spacial score (nSPS) is 23.7. The quantitative estimate of drug-likeness (QED) is 0.823. The molecule has 0 bridgehead atoms. The second kappa shape index (κ2) is 5.74. The molecule has 1 fully saturated rings. The fourth-order valence-electron chi connectivity index (χ4n) is 2.39. The van der Waals surface area contributed by atoms with Crippen LogP contribution in [0.25, 0.3) is 0 Å². The molecule has 1 aliphatic carbocycles. The molecule has 0 aliphatic heterocycles. The minimum Gasteiger partial charge on any atom is -0.398 e. The molecule has 4 heteroatoms. The van der Waals surface area contributed by atoms with E-state index >= 15 is 0 Å². The molecule has 1 aromatic carbocycles. The van der Waals surface area contributed by atoms with Crippen molar-refractivity contribution in [3.63, 3.8) is 0 Å². The minimum absolute atomic E-state index is 0.0336. The van der Waals surface area contributed by atoms with Crippen molar-refractivity contribution in [3.8, 4) is 0 Å². The van der Waals surface area contributed by atoms with Crippen LogP contribution in [0.15, 0.2) is 22.7 Å². The number of carbonyl (C=O) groups excluding carboxylic acids is 1. The summed E-state index contributed by atoms with van der Waals surface area (Å²) in [5.74, 6) is 0.756. The van der Waals surface area contributed by atoms with Gasteiger partial charge in [-0.2, -0.15) is 0 Å². The first-order valence-electron chi connectivity index (χ1n) is 6.42. The van der Waals surface area contributed by atoms with Gasteiger partial charge in [-0.05, 0) is 59.7 Å². The summed E-state index contributed by atoms with van der Waals surface area (Å²) in [6.07, 6.45) is 4.55. The van der Waals surface area contributed by atoms with Gasteiger partial charge in [-0.1, -0.05) is 13.0 Å². The maximum Gasteiger partial charge on any atom is 0.252 e. The summed E-state index contributed by atoms with van der Waals surface area (Å²) in [5, 5.41) is 3.10. The molecule has 0 atom stereocenters. The number of rotatable bonds is 2. The lowest BCUT2D eigenvalue weighted by molar-refractivity contribution is 0.0922. The van der Waals surface area contributed by atoms with E-state index < -0.39 is 0 Å². The number of benzene rings is 1. The number of nitrogens with one attached hydrogen (secondary N) is 1. The van der Waals surface area contributed by atoms with Gasteiger partial charge in [-0.25, -0.2) is 0 Å². The second-order valence-corrected chi connectivity index (χ2v) is 5.93. The summed E-state index contributed by atoms with van der Waals surface area (Å²) in [6.45, 7) is 2.27. The Labute approximate surface area is 116 Å². The Morgan fingerprint density at radius 1 is 1.33 bits per heavy atom. The topological polar surface area (TPSA) is 55.1 Å². The first-order valence-corrected chi connectivity index (χ1v) is 7.22. The average molecular weight is 311 g/mol. The van der Waals surface area contributed by atoms with Crippen LogP contribution in [0.4, 0.5) is 5.69 Å². The van der Waals surface area contributed by atoms with Gasteiger partial charge in [0.25, 0.3) is 5.91 Å². The third-order valence-electron chi connectivity index (χ3n) is 3.62.